The molecule has 2 amide bonds. The van der Waals surface area contributed by atoms with E-state index in [1.165, 1.54) is 11.8 Å². The van der Waals surface area contributed by atoms with Gasteiger partial charge in [0, 0.05) is 6.07 Å². The van der Waals surface area contributed by atoms with Crippen molar-refractivity contribution in [2.75, 3.05) is 17.3 Å². The number of carbonyl (C=O) groups is 2. The highest BCUT2D eigenvalue weighted by Gasteiger charge is 2.23. The Morgan fingerprint density at radius 2 is 1.92 bits per heavy atom. The number of nitrogens with one attached hydrogen (secondary N) is 2. The number of hydrogen-bond acceptors (Lipinski definition) is 3. The van der Waals surface area contributed by atoms with Crippen LogP contribution in [-0.4, -0.2) is 29.9 Å². The van der Waals surface area contributed by atoms with Gasteiger partial charge in [-0.15, -0.1) is 0 Å². The fourth-order valence-corrected chi connectivity index (χ4v) is 2.89. The van der Waals surface area contributed by atoms with Gasteiger partial charge in [0.15, 0.2) is 0 Å². The van der Waals surface area contributed by atoms with Crippen molar-refractivity contribution in [3.63, 3.8) is 0 Å². The molecule has 8 heteroatoms. The zero-order chi connectivity index (χ0) is 19.1. The fourth-order valence-electron chi connectivity index (χ4n) is 2.20. The summed E-state index contributed by atoms with van der Waals surface area (Å²) in [5, 5.41) is 5.26. The molecular formula is C18H17ClF2N2O2S. The fraction of sp³-hybridized carbons (Fsp3) is 0.222. The molecule has 1 atom stereocenters. The van der Waals surface area contributed by atoms with E-state index in [0.29, 0.717) is 18.2 Å². The molecule has 0 spiro atoms. The topological polar surface area (TPSA) is 58.2 Å². The lowest BCUT2D eigenvalue weighted by atomic mass is 10.1. The molecule has 2 aromatic carbocycles. The average molecular weight is 399 g/mol. The summed E-state index contributed by atoms with van der Waals surface area (Å²) in [7, 11) is 0. The van der Waals surface area contributed by atoms with Gasteiger partial charge in [-0.05, 0) is 42.7 Å². The minimum atomic E-state index is -0.893. The van der Waals surface area contributed by atoms with Crippen LogP contribution in [0.25, 0.3) is 0 Å². The van der Waals surface area contributed by atoms with E-state index in [1.807, 2.05) is 6.26 Å². The van der Waals surface area contributed by atoms with Crippen LogP contribution in [0.15, 0.2) is 42.5 Å². The molecule has 0 aliphatic carbocycles. The zero-order valence-corrected chi connectivity index (χ0v) is 15.5. The Morgan fingerprint density at radius 3 is 2.58 bits per heavy atom. The van der Waals surface area contributed by atoms with Gasteiger partial charge in [0.25, 0.3) is 5.91 Å². The van der Waals surface area contributed by atoms with E-state index < -0.39 is 29.5 Å². The molecule has 4 nitrogen and oxygen atoms in total. The molecule has 0 unspecified atom stereocenters. The maximum absolute atomic E-state index is 13.7. The Bertz CT molecular complexity index is 805. The van der Waals surface area contributed by atoms with Gasteiger partial charge in [-0.2, -0.15) is 11.8 Å². The third-order valence-corrected chi connectivity index (χ3v) is 4.51. The van der Waals surface area contributed by atoms with Crippen molar-refractivity contribution < 1.29 is 18.4 Å². The molecule has 26 heavy (non-hydrogen) atoms. The summed E-state index contributed by atoms with van der Waals surface area (Å²) in [6, 6.07) is 8.41. The minimum absolute atomic E-state index is 0.155. The Morgan fingerprint density at radius 1 is 1.19 bits per heavy atom. The van der Waals surface area contributed by atoms with Gasteiger partial charge in [0.05, 0.1) is 16.3 Å². The van der Waals surface area contributed by atoms with Crippen molar-refractivity contribution in [3.05, 3.63) is 64.7 Å². The number of rotatable bonds is 7. The molecule has 0 saturated heterocycles. The van der Waals surface area contributed by atoms with E-state index in [0.717, 1.165) is 12.1 Å². The van der Waals surface area contributed by atoms with Crippen LogP contribution >= 0.6 is 23.4 Å². The first-order chi connectivity index (χ1) is 12.4. The van der Waals surface area contributed by atoms with Crippen molar-refractivity contribution >= 4 is 40.9 Å². The van der Waals surface area contributed by atoms with Gasteiger partial charge in [0.1, 0.15) is 17.7 Å². The summed E-state index contributed by atoms with van der Waals surface area (Å²) in [6.07, 6.45) is 2.20. The first-order valence-corrected chi connectivity index (χ1v) is 9.49. The lowest BCUT2D eigenvalue weighted by Gasteiger charge is -2.19. The monoisotopic (exact) mass is 398 g/mol. The average Bonchev–Trinajstić information content (AvgIpc) is 2.61. The van der Waals surface area contributed by atoms with Crippen molar-refractivity contribution in [1.82, 2.24) is 5.32 Å². The number of halogens is 3. The second kappa shape index (κ2) is 9.54. The van der Waals surface area contributed by atoms with Crippen LogP contribution in [-0.2, 0) is 4.79 Å². The molecule has 0 heterocycles. The van der Waals surface area contributed by atoms with Crippen molar-refractivity contribution in [3.8, 4) is 0 Å². The Hall–Kier alpha value is -2.12. The summed E-state index contributed by atoms with van der Waals surface area (Å²) < 4.78 is 26.7. The first kappa shape index (κ1) is 20.2. The zero-order valence-electron chi connectivity index (χ0n) is 13.9. The van der Waals surface area contributed by atoms with Crippen LogP contribution in [0.2, 0.25) is 5.02 Å². The quantitative estimate of drug-likeness (QED) is 0.738. The summed E-state index contributed by atoms with van der Waals surface area (Å²) in [5.41, 5.74) is 0.0848. The predicted molar refractivity (Wildman–Crippen MR) is 101 cm³/mol. The van der Waals surface area contributed by atoms with Crippen LogP contribution < -0.4 is 10.6 Å². The van der Waals surface area contributed by atoms with Gasteiger partial charge in [-0.3, -0.25) is 9.59 Å². The number of carbonyl (C=O) groups excluding carboxylic acids is 2. The van der Waals surface area contributed by atoms with Crippen molar-refractivity contribution in [2.24, 2.45) is 0 Å². The molecule has 0 bridgehead atoms. The van der Waals surface area contributed by atoms with Crippen LogP contribution in [0, 0.1) is 11.6 Å². The summed E-state index contributed by atoms with van der Waals surface area (Å²) in [5.74, 6) is -2.13. The van der Waals surface area contributed by atoms with Gasteiger partial charge in [-0.1, -0.05) is 23.7 Å². The summed E-state index contributed by atoms with van der Waals surface area (Å²) in [6.45, 7) is 0. The maximum Gasteiger partial charge on any atom is 0.253 e. The SMILES string of the molecule is CSCC[C@H](NC(=O)c1ccccc1Cl)C(=O)Nc1ccc(F)cc1F. The van der Waals surface area contributed by atoms with Crippen LogP contribution in [0.5, 0.6) is 0 Å². The molecule has 0 aliphatic heterocycles. The van der Waals surface area contributed by atoms with Crippen molar-refractivity contribution in [2.45, 2.75) is 12.5 Å². The first-order valence-electron chi connectivity index (χ1n) is 7.72. The molecule has 0 radical (unpaired) electrons. The summed E-state index contributed by atoms with van der Waals surface area (Å²) in [4.78, 5) is 24.9. The second-order valence-corrected chi connectivity index (χ2v) is 6.79. The number of hydrogen-bond donors (Lipinski definition) is 2. The molecule has 2 rings (SSSR count). The van der Waals surface area contributed by atoms with E-state index in [-0.39, 0.29) is 16.3 Å². The van der Waals surface area contributed by atoms with E-state index in [9.17, 15) is 18.4 Å². The third kappa shape index (κ3) is 5.44. The normalized spacial score (nSPS) is 11.7. The largest absolute Gasteiger partial charge is 0.340 e. The van der Waals surface area contributed by atoms with Gasteiger partial charge >= 0.3 is 0 Å². The Balaban J connectivity index is 2.14. The Kier molecular flexibility index (Phi) is 7.41. The highest BCUT2D eigenvalue weighted by Crippen LogP contribution is 2.17. The second-order valence-electron chi connectivity index (χ2n) is 5.40. The van der Waals surface area contributed by atoms with Gasteiger partial charge < -0.3 is 10.6 Å². The molecular weight excluding hydrogens is 382 g/mol. The molecule has 0 aliphatic rings. The number of anilines is 1. The van der Waals surface area contributed by atoms with E-state index in [1.54, 1.807) is 24.3 Å². The third-order valence-electron chi connectivity index (χ3n) is 3.54. The predicted octanol–water partition coefficient (Wildman–Crippen LogP) is 4.11. The van der Waals surface area contributed by atoms with Crippen LogP contribution in [0.3, 0.4) is 0 Å². The van der Waals surface area contributed by atoms with Gasteiger partial charge in [-0.25, -0.2) is 8.78 Å². The van der Waals surface area contributed by atoms with Gasteiger partial charge in [0.2, 0.25) is 5.91 Å². The molecule has 2 N–H and O–H groups in total. The number of amides is 2. The van der Waals surface area contributed by atoms with E-state index >= 15 is 0 Å². The smallest absolute Gasteiger partial charge is 0.253 e. The molecule has 138 valence electrons. The molecule has 0 saturated carbocycles. The standard InChI is InChI=1S/C18H17ClF2N2O2S/c1-26-9-8-16(23-17(24)12-4-2-3-5-13(12)19)18(25)22-15-7-6-11(20)10-14(15)21/h2-7,10,16H,8-9H2,1H3,(H,22,25)(H,23,24)/t16-/m0/s1. The lowest BCUT2D eigenvalue weighted by molar-refractivity contribution is -0.118. The highest BCUT2D eigenvalue weighted by molar-refractivity contribution is 7.98. The van der Waals surface area contributed by atoms with Crippen LogP contribution in [0.1, 0.15) is 16.8 Å². The summed E-state index contributed by atoms with van der Waals surface area (Å²) >= 11 is 7.51. The van der Waals surface area contributed by atoms with Crippen LogP contribution in [0.4, 0.5) is 14.5 Å². The van der Waals surface area contributed by atoms with Crippen molar-refractivity contribution in [1.29, 1.82) is 0 Å². The number of thioether (sulfide) groups is 1. The van der Waals surface area contributed by atoms with E-state index in [4.69, 9.17) is 11.6 Å². The highest BCUT2D eigenvalue weighted by atomic mass is 35.5. The lowest BCUT2D eigenvalue weighted by Crippen LogP contribution is -2.44. The molecule has 0 aromatic heterocycles. The maximum atomic E-state index is 13.7. The number of benzene rings is 2. The molecule has 0 fully saturated rings. The molecule has 2 aromatic rings. The Labute approximate surface area is 159 Å². The minimum Gasteiger partial charge on any atom is -0.340 e. The van der Waals surface area contributed by atoms with E-state index in [2.05, 4.69) is 10.6 Å².